The molecule has 0 spiro atoms. The SMILES string of the molecule is CC(C)(C)c1nccc(N2CCN(C(=O)c3ccc(C(F)(F)F)cc3)CC2)n1. The van der Waals surface area contributed by atoms with Gasteiger partial charge in [-0.3, -0.25) is 4.79 Å². The van der Waals surface area contributed by atoms with Gasteiger partial charge in [0.25, 0.3) is 5.91 Å². The zero-order valence-corrected chi connectivity index (χ0v) is 16.1. The van der Waals surface area contributed by atoms with Crippen LogP contribution >= 0.6 is 0 Å². The Morgan fingerprint density at radius 2 is 1.57 bits per heavy atom. The van der Waals surface area contributed by atoms with Crippen LogP contribution in [0.4, 0.5) is 19.0 Å². The number of rotatable bonds is 2. The first-order chi connectivity index (χ1) is 13.1. The predicted molar refractivity (Wildman–Crippen MR) is 100 cm³/mol. The summed E-state index contributed by atoms with van der Waals surface area (Å²) in [4.78, 5) is 25.3. The van der Waals surface area contributed by atoms with E-state index >= 15 is 0 Å². The van der Waals surface area contributed by atoms with E-state index in [2.05, 4.69) is 14.9 Å². The third kappa shape index (κ3) is 4.43. The number of aromatic nitrogens is 2. The molecule has 28 heavy (non-hydrogen) atoms. The molecular formula is C20H23F3N4O. The number of carbonyl (C=O) groups is 1. The zero-order valence-electron chi connectivity index (χ0n) is 16.1. The van der Waals surface area contributed by atoms with Crippen molar-refractivity contribution < 1.29 is 18.0 Å². The smallest absolute Gasteiger partial charge is 0.353 e. The van der Waals surface area contributed by atoms with E-state index in [-0.39, 0.29) is 16.9 Å². The highest BCUT2D eigenvalue weighted by Crippen LogP contribution is 2.29. The van der Waals surface area contributed by atoms with E-state index < -0.39 is 11.7 Å². The molecule has 1 aromatic carbocycles. The Bertz CT molecular complexity index is 836. The maximum absolute atomic E-state index is 12.7. The number of amides is 1. The molecule has 150 valence electrons. The van der Waals surface area contributed by atoms with Crippen LogP contribution in [0.3, 0.4) is 0 Å². The first-order valence-electron chi connectivity index (χ1n) is 9.11. The van der Waals surface area contributed by atoms with Gasteiger partial charge >= 0.3 is 6.18 Å². The Morgan fingerprint density at radius 1 is 0.964 bits per heavy atom. The highest BCUT2D eigenvalue weighted by molar-refractivity contribution is 5.94. The number of halogens is 3. The maximum Gasteiger partial charge on any atom is 0.416 e. The van der Waals surface area contributed by atoms with Gasteiger partial charge in [0.15, 0.2) is 0 Å². The van der Waals surface area contributed by atoms with Crippen LogP contribution in [-0.4, -0.2) is 47.0 Å². The lowest BCUT2D eigenvalue weighted by atomic mass is 9.96. The number of alkyl halides is 3. The lowest BCUT2D eigenvalue weighted by Gasteiger charge is -2.35. The van der Waals surface area contributed by atoms with Crippen LogP contribution in [0.1, 0.15) is 42.5 Å². The molecule has 1 amide bonds. The molecule has 1 aliphatic rings. The maximum atomic E-state index is 12.7. The third-order valence-electron chi connectivity index (χ3n) is 4.66. The van der Waals surface area contributed by atoms with E-state index in [9.17, 15) is 18.0 Å². The van der Waals surface area contributed by atoms with Crippen LogP contribution in [0.15, 0.2) is 36.5 Å². The number of benzene rings is 1. The number of carbonyl (C=O) groups excluding carboxylic acids is 1. The van der Waals surface area contributed by atoms with Crippen molar-refractivity contribution in [3.8, 4) is 0 Å². The molecule has 3 rings (SSSR count). The molecular weight excluding hydrogens is 369 g/mol. The fourth-order valence-corrected chi connectivity index (χ4v) is 3.01. The van der Waals surface area contributed by atoms with Gasteiger partial charge in [-0.2, -0.15) is 13.2 Å². The van der Waals surface area contributed by atoms with Gasteiger partial charge in [0.05, 0.1) is 5.56 Å². The van der Waals surface area contributed by atoms with Crippen molar-refractivity contribution in [2.75, 3.05) is 31.1 Å². The van der Waals surface area contributed by atoms with Crippen LogP contribution in [0.5, 0.6) is 0 Å². The highest BCUT2D eigenvalue weighted by atomic mass is 19.4. The first-order valence-corrected chi connectivity index (χ1v) is 9.11. The standard InChI is InChI=1S/C20H23F3N4O/c1-19(2,3)18-24-9-8-16(25-18)26-10-12-27(13-11-26)17(28)14-4-6-15(7-5-14)20(21,22)23/h4-9H,10-13H2,1-3H3. The number of hydrogen-bond acceptors (Lipinski definition) is 4. The highest BCUT2D eigenvalue weighted by Gasteiger charge is 2.31. The molecule has 1 aliphatic heterocycles. The van der Waals surface area contributed by atoms with Crippen LogP contribution in [0.2, 0.25) is 0 Å². The van der Waals surface area contributed by atoms with Crippen molar-refractivity contribution in [2.24, 2.45) is 0 Å². The lowest BCUT2D eigenvalue weighted by Crippen LogP contribution is -2.49. The second-order valence-electron chi connectivity index (χ2n) is 7.84. The van der Waals surface area contributed by atoms with Gasteiger partial charge in [-0.25, -0.2) is 9.97 Å². The van der Waals surface area contributed by atoms with Crippen LogP contribution in [0, 0.1) is 0 Å². The molecule has 0 atom stereocenters. The Morgan fingerprint density at radius 3 is 2.11 bits per heavy atom. The summed E-state index contributed by atoms with van der Waals surface area (Å²) >= 11 is 0. The fourth-order valence-electron chi connectivity index (χ4n) is 3.01. The van der Waals surface area contributed by atoms with E-state index in [4.69, 9.17) is 0 Å². The average molecular weight is 392 g/mol. The summed E-state index contributed by atoms with van der Waals surface area (Å²) < 4.78 is 38.0. The lowest BCUT2D eigenvalue weighted by molar-refractivity contribution is -0.137. The van der Waals surface area contributed by atoms with Gasteiger partial charge in [-0.15, -0.1) is 0 Å². The summed E-state index contributed by atoms with van der Waals surface area (Å²) in [6, 6.07) is 6.20. The van der Waals surface area contributed by atoms with Crippen molar-refractivity contribution in [1.29, 1.82) is 0 Å². The Hall–Kier alpha value is -2.64. The molecule has 0 radical (unpaired) electrons. The summed E-state index contributed by atoms with van der Waals surface area (Å²) in [5.74, 6) is 1.32. The van der Waals surface area contributed by atoms with Crippen molar-refractivity contribution in [2.45, 2.75) is 32.4 Å². The molecule has 2 aromatic rings. The fraction of sp³-hybridized carbons (Fsp3) is 0.450. The van der Waals surface area contributed by atoms with E-state index in [1.54, 1.807) is 11.1 Å². The molecule has 5 nitrogen and oxygen atoms in total. The van der Waals surface area contributed by atoms with Crippen molar-refractivity contribution >= 4 is 11.7 Å². The number of piperazine rings is 1. The molecule has 1 fully saturated rings. The summed E-state index contributed by atoms with van der Waals surface area (Å²) in [6.07, 6.45) is -2.67. The zero-order chi connectivity index (χ0) is 20.5. The first kappa shape index (κ1) is 20.1. The van der Waals surface area contributed by atoms with E-state index in [1.807, 2.05) is 26.8 Å². The molecule has 0 unspecified atom stereocenters. The summed E-state index contributed by atoms with van der Waals surface area (Å²) in [5.41, 5.74) is -0.651. The number of nitrogens with zero attached hydrogens (tertiary/aromatic N) is 4. The van der Waals surface area contributed by atoms with Gasteiger partial charge in [-0.05, 0) is 30.3 Å². The molecule has 0 saturated carbocycles. The van der Waals surface area contributed by atoms with E-state index in [0.29, 0.717) is 26.2 Å². The van der Waals surface area contributed by atoms with Gasteiger partial charge in [0.1, 0.15) is 11.6 Å². The molecule has 8 heteroatoms. The number of anilines is 1. The quantitative estimate of drug-likeness (QED) is 0.781. The Labute approximate surface area is 162 Å². The van der Waals surface area contributed by atoms with Gasteiger partial charge < -0.3 is 9.80 Å². The molecule has 1 saturated heterocycles. The normalized spacial score (nSPS) is 15.6. The molecule has 1 aromatic heterocycles. The van der Waals surface area contributed by atoms with E-state index in [0.717, 1.165) is 23.8 Å². The minimum atomic E-state index is -4.41. The summed E-state index contributed by atoms with van der Waals surface area (Å²) in [6.45, 7) is 8.32. The van der Waals surface area contributed by atoms with Crippen LogP contribution in [0.25, 0.3) is 0 Å². The molecule has 2 heterocycles. The molecule has 0 aliphatic carbocycles. The molecule has 0 bridgehead atoms. The molecule has 0 N–H and O–H groups in total. The Kier molecular flexibility index (Phi) is 5.32. The van der Waals surface area contributed by atoms with Crippen molar-refractivity contribution in [1.82, 2.24) is 14.9 Å². The minimum Gasteiger partial charge on any atom is -0.353 e. The van der Waals surface area contributed by atoms with Gasteiger partial charge in [-0.1, -0.05) is 20.8 Å². The van der Waals surface area contributed by atoms with E-state index in [1.165, 1.54) is 12.1 Å². The minimum absolute atomic E-state index is 0.156. The van der Waals surface area contributed by atoms with Gasteiger partial charge in [0.2, 0.25) is 0 Å². The van der Waals surface area contributed by atoms with Crippen LogP contribution in [-0.2, 0) is 11.6 Å². The monoisotopic (exact) mass is 392 g/mol. The summed E-state index contributed by atoms with van der Waals surface area (Å²) in [7, 11) is 0. The second kappa shape index (κ2) is 7.41. The predicted octanol–water partition coefficient (Wildman–Crippen LogP) is 3.76. The van der Waals surface area contributed by atoms with Crippen molar-refractivity contribution in [3.63, 3.8) is 0 Å². The Balaban J connectivity index is 1.64. The topological polar surface area (TPSA) is 49.3 Å². The van der Waals surface area contributed by atoms with Crippen LogP contribution < -0.4 is 4.90 Å². The van der Waals surface area contributed by atoms with Crippen molar-refractivity contribution in [3.05, 3.63) is 53.5 Å². The van der Waals surface area contributed by atoms with Gasteiger partial charge in [0, 0.05) is 43.4 Å². The largest absolute Gasteiger partial charge is 0.416 e. The second-order valence-corrected chi connectivity index (χ2v) is 7.84. The summed E-state index contributed by atoms with van der Waals surface area (Å²) in [5, 5.41) is 0. The third-order valence-corrected chi connectivity index (χ3v) is 4.66. The number of hydrogen-bond donors (Lipinski definition) is 0. The average Bonchev–Trinajstić information content (AvgIpc) is 2.66.